The summed E-state index contributed by atoms with van der Waals surface area (Å²) in [5, 5.41) is 51.3. The summed E-state index contributed by atoms with van der Waals surface area (Å²) in [6, 6.07) is 12.3. The molecule has 0 radical (unpaired) electrons. The van der Waals surface area contributed by atoms with Gasteiger partial charge in [-0.25, -0.2) is 34.0 Å². The molecule has 0 aliphatic carbocycles. The fourth-order valence-electron chi connectivity index (χ4n) is 5.19. The van der Waals surface area contributed by atoms with Crippen molar-refractivity contribution < 1.29 is 38.8 Å². The van der Waals surface area contributed by atoms with Gasteiger partial charge < -0.3 is 29.0 Å². The molecule has 0 spiro atoms. The summed E-state index contributed by atoms with van der Waals surface area (Å²) < 4.78 is 24.7. The van der Waals surface area contributed by atoms with Gasteiger partial charge in [-0.15, -0.1) is 0 Å². The SMILES string of the molecule is COC(CC(OC)OC)OC.Cc1cc(-n2cccn2)ncc1B(O)O.Cc1cc(-n2cccn2)ncc1[N+](=O)[O-].Cc1cc(Cl)ncc1[N+](=O)[O-].Cc1cnc(-n2cccn2)cc1C. The monoisotopic (exact) mass is 916 g/mol. The molecular formula is C41H50BClN12O10. The van der Waals surface area contributed by atoms with Gasteiger partial charge in [0, 0.05) is 101 Å². The molecule has 344 valence electrons. The fraction of sp³-hybridized carbons (Fsp3) is 0.293. The van der Waals surface area contributed by atoms with Crippen molar-refractivity contribution in [3.8, 4) is 17.5 Å². The van der Waals surface area contributed by atoms with Crippen molar-refractivity contribution >= 4 is 35.6 Å². The molecule has 7 rings (SSSR count). The zero-order valence-electron chi connectivity index (χ0n) is 37.2. The Hall–Kier alpha value is -6.86. The first-order valence-corrected chi connectivity index (χ1v) is 19.7. The van der Waals surface area contributed by atoms with Crippen LogP contribution in [0.3, 0.4) is 0 Å². The number of aromatic nitrogens is 10. The van der Waals surface area contributed by atoms with Gasteiger partial charge in [0.2, 0.25) is 0 Å². The van der Waals surface area contributed by atoms with Crippen molar-refractivity contribution in [3.63, 3.8) is 0 Å². The Labute approximate surface area is 379 Å². The summed E-state index contributed by atoms with van der Waals surface area (Å²) in [4.78, 5) is 35.8. The van der Waals surface area contributed by atoms with E-state index in [0.717, 1.165) is 17.6 Å². The number of pyridine rings is 4. The van der Waals surface area contributed by atoms with E-state index in [2.05, 4.69) is 49.1 Å². The zero-order valence-corrected chi connectivity index (χ0v) is 37.9. The minimum atomic E-state index is -1.48. The minimum absolute atomic E-state index is 0.00519. The van der Waals surface area contributed by atoms with Crippen LogP contribution in [0.4, 0.5) is 11.4 Å². The zero-order chi connectivity index (χ0) is 48.1. The van der Waals surface area contributed by atoms with Crippen LogP contribution in [0.25, 0.3) is 17.5 Å². The Morgan fingerprint density at radius 1 is 0.585 bits per heavy atom. The molecule has 0 saturated carbocycles. The first kappa shape index (κ1) is 52.5. The lowest BCUT2D eigenvalue weighted by Crippen LogP contribution is -2.32. The van der Waals surface area contributed by atoms with E-state index < -0.39 is 17.0 Å². The van der Waals surface area contributed by atoms with E-state index in [0.29, 0.717) is 34.6 Å². The van der Waals surface area contributed by atoms with Gasteiger partial charge in [0.05, 0.1) is 9.85 Å². The highest BCUT2D eigenvalue weighted by atomic mass is 35.5. The molecule has 0 amide bonds. The van der Waals surface area contributed by atoms with Gasteiger partial charge in [0.1, 0.15) is 17.5 Å². The molecule has 0 atom stereocenters. The summed E-state index contributed by atoms with van der Waals surface area (Å²) in [5.41, 5.74) is 4.73. The Morgan fingerprint density at radius 2 is 0.969 bits per heavy atom. The second-order valence-corrected chi connectivity index (χ2v) is 13.8. The molecule has 0 aromatic carbocycles. The number of nitro groups is 2. The maximum Gasteiger partial charge on any atom is 0.490 e. The summed E-state index contributed by atoms with van der Waals surface area (Å²) in [5.74, 6) is 2.10. The first-order valence-electron chi connectivity index (χ1n) is 19.3. The summed E-state index contributed by atoms with van der Waals surface area (Å²) >= 11 is 5.49. The number of aryl methyl sites for hydroxylation is 5. The molecule has 65 heavy (non-hydrogen) atoms. The maximum absolute atomic E-state index is 10.6. The molecule has 24 heteroatoms. The number of rotatable bonds is 12. The highest BCUT2D eigenvalue weighted by Gasteiger charge is 2.16. The van der Waals surface area contributed by atoms with Crippen molar-refractivity contribution in [2.24, 2.45) is 0 Å². The van der Waals surface area contributed by atoms with Crippen molar-refractivity contribution in [3.05, 3.63) is 158 Å². The number of ether oxygens (including phenoxy) is 4. The quantitative estimate of drug-likeness (QED) is 0.0525. The van der Waals surface area contributed by atoms with Crippen molar-refractivity contribution in [2.45, 2.75) is 53.6 Å². The maximum atomic E-state index is 10.6. The molecule has 0 aliphatic rings. The van der Waals surface area contributed by atoms with Gasteiger partial charge in [-0.3, -0.25) is 20.2 Å². The van der Waals surface area contributed by atoms with Gasteiger partial charge in [0.25, 0.3) is 11.4 Å². The number of halogens is 1. The predicted molar refractivity (Wildman–Crippen MR) is 240 cm³/mol. The number of methoxy groups -OCH3 is 4. The van der Waals surface area contributed by atoms with Crippen LogP contribution in [-0.4, -0.2) is 117 Å². The van der Waals surface area contributed by atoms with E-state index in [1.807, 2.05) is 24.5 Å². The van der Waals surface area contributed by atoms with E-state index in [1.54, 1.807) is 119 Å². The predicted octanol–water partition coefficient (Wildman–Crippen LogP) is 5.19. The lowest BCUT2D eigenvalue weighted by Gasteiger charge is -2.18. The standard InChI is InChI=1S/C10H11N3.C9H10BN3O2.C9H8N4O2.C7H16O4.C6H5ClN2O2/c1-8-6-10(11-7-9(8)2)13-5-3-4-12-13;1-7-5-9(13-4-2-3-12-13)11-6-8(7)10(14)15;1-7-5-9(12-4-2-3-11-12)10-6-8(7)13(14)15;1-8-6(9-2)5-7(10-3)11-4;1-4-2-6(7)8-3-5(4)9(10)11/h3-7H,1-2H3;2-6,14-15H,1H3;2-6H,1H3;6-7H,5H2,1-4H3;2-3H,1H3. The van der Waals surface area contributed by atoms with Crippen LogP contribution in [-0.2, 0) is 18.9 Å². The lowest BCUT2D eigenvalue weighted by atomic mass is 9.79. The first-order chi connectivity index (χ1) is 31.0. The van der Waals surface area contributed by atoms with E-state index in [-0.39, 0.29) is 29.1 Å². The molecule has 7 heterocycles. The normalized spacial score (nSPS) is 10.4. The van der Waals surface area contributed by atoms with Gasteiger partial charge in [-0.2, -0.15) is 15.3 Å². The molecular weight excluding hydrogens is 867 g/mol. The highest BCUT2D eigenvalue weighted by molar-refractivity contribution is 6.59. The topological polar surface area (TPSA) is 269 Å². The largest absolute Gasteiger partial charge is 0.490 e. The van der Waals surface area contributed by atoms with Gasteiger partial charge in [0.15, 0.2) is 30.0 Å². The fourth-order valence-corrected chi connectivity index (χ4v) is 5.40. The van der Waals surface area contributed by atoms with Crippen LogP contribution in [0.5, 0.6) is 0 Å². The molecule has 22 nitrogen and oxygen atoms in total. The van der Waals surface area contributed by atoms with Gasteiger partial charge in [-0.05, 0) is 93.8 Å². The third-order valence-electron chi connectivity index (χ3n) is 8.94. The Kier molecular flexibility index (Phi) is 21.6. The van der Waals surface area contributed by atoms with E-state index in [9.17, 15) is 20.2 Å². The van der Waals surface area contributed by atoms with Gasteiger partial charge in [-0.1, -0.05) is 11.6 Å². The van der Waals surface area contributed by atoms with Crippen molar-refractivity contribution in [2.75, 3.05) is 28.4 Å². The molecule has 0 bridgehead atoms. The van der Waals surface area contributed by atoms with E-state index >= 15 is 0 Å². The van der Waals surface area contributed by atoms with Gasteiger partial charge >= 0.3 is 7.12 Å². The number of hydrogen-bond donors (Lipinski definition) is 2. The third kappa shape index (κ3) is 16.7. The molecule has 2 N–H and O–H groups in total. The molecule has 0 saturated heterocycles. The average Bonchev–Trinajstić information content (AvgIpc) is 4.12. The van der Waals surface area contributed by atoms with Crippen LogP contribution >= 0.6 is 11.6 Å². The van der Waals surface area contributed by atoms with Crippen LogP contribution < -0.4 is 5.46 Å². The molecule has 7 aromatic rings. The second-order valence-electron chi connectivity index (χ2n) is 13.4. The summed E-state index contributed by atoms with van der Waals surface area (Å²) in [7, 11) is 4.84. The lowest BCUT2D eigenvalue weighted by molar-refractivity contribution is -0.385. The van der Waals surface area contributed by atoms with Crippen LogP contribution in [0.15, 0.2) is 104 Å². The molecule has 0 fully saturated rings. The third-order valence-corrected chi connectivity index (χ3v) is 9.15. The molecule has 0 unspecified atom stereocenters. The minimum Gasteiger partial charge on any atom is -0.423 e. The second kappa shape index (κ2) is 26.7. The summed E-state index contributed by atoms with van der Waals surface area (Å²) in [6.07, 6.45) is 16.2. The van der Waals surface area contributed by atoms with Crippen LogP contribution in [0.1, 0.15) is 34.2 Å². The van der Waals surface area contributed by atoms with E-state index in [1.165, 1.54) is 29.6 Å². The summed E-state index contributed by atoms with van der Waals surface area (Å²) in [6.45, 7) is 9.21. The van der Waals surface area contributed by atoms with Crippen molar-refractivity contribution in [1.29, 1.82) is 0 Å². The molecule has 0 aliphatic heterocycles. The molecule has 7 aromatic heterocycles. The Balaban J connectivity index is 0.000000217. The Bertz CT molecular complexity index is 2500. The Morgan fingerprint density at radius 3 is 1.31 bits per heavy atom. The highest BCUT2D eigenvalue weighted by Crippen LogP contribution is 2.19. The number of hydrogen-bond acceptors (Lipinski definition) is 17. The van der Waals surface area contributed by atoms with Crippen LogP contribution in [0.2, 0.25) is 5.15 Å². The smallest absolute Gasteiger partial charge is 0.423 e. The van der Waals surface area contributed by atoms with Crippen LogP contribution in [0, 0.1) is 54.8 Å². The van der Waals surface area contributed by atoms with Crippen molar-refractivity contribution in [1.82, 2.24) is 49.3 Å². The number of nitrogens with zero attached hydrogens (tertiary/aromatic N) is 12. The average molecular weight is 917 g/mol. The van der Waals surface area contributed by atoms with E-state index in [4.69, 9.17) is 40.6 Å².